The molecular weight excluding hydrogens is 321 g/mol. The summed E-state index contributed by atoms with van der Waals surface area (Å²) in [5.74, 6) is 1.18. The van der Waals surface area contributed by atoms with E-state index in [4.69, 9.17) is 0 Å². The molecule has 0 amide bonds. The van der Waals surface area contributed by atoms with Crippen LogP contribution in [0.2, 0.25) is 0 Å². The zero-order valence-electron chi connectivity index (χ0n) is 11.6. The third-order valence-electron chi connectivity index (χ3n) is 2.95. The molecule has 0 aliphatic carbocycles. The molecule has 1 aromatic heterocycles. The van der Waals surface area contributed by atoms with E-state index in [0.29, 0.717) is 17.8 Å². The van der Waals surface area contributed by atoms with Crippen LogP contribution >= 0.6 is 15.9 Å². The Morgan fingerprint density at radius 3 is 2.60 bits per heavy atom. The summed E-state index contributed by atoms with van der Waals surface area (Å²) in [6, 6.07) is 6.73. The fraction of sp³-hybridized carbons (Fsp3) is 0.333. The first-order chi connectivity index (χ1) is 9.65. The Labute approximate surface area is 126 Å². The minimum absolute atomic E-state index is 0.220. The maximum Gasteiger partial charge on any atom is 0.144 e. The molecule has 0 atom stereocenters. The van der Waals surface area contributed by atoms with E-state index in [2.05, 4.69) is 31.2 Å². The number of hydrogen-bond acceptors (Lipinski definition) is 3. The van der Waals surface area contributed by atoms with Crippen LogP contribution in [-0.2, 0) is 12.8 Å². The van der Waals surface area contributed by atoms with Crippen molar-refractivity contribution in [2.75, 3.05) is 11.9 Å². The van der Waals surface area contributed by atoms with Gasteiger partial charge in [-0.25, -0.2) is 14.4 Å². The Balaban J connectivity index is 2.37. The molecule has 2 aromatic rings. The number of aromatic nitrogens is 2. The average molecular weight is 338 g/mol. The van der Waals surface area contributed by atoms with Crippen molar-refractivity contribution in [1.82, 2.24) is 9.97 Å². The highest BCUT2D eigenvalue weighted by molar-refractivity contribution is 9.10. The lowest BCUT2D eigenvalue weighted by molar-refractivity contribution is 0.612. The zero-order valence-corrected chi connectivity index (χ0v) is 13.2. The number of nitrogens with zero attached hydrogens (tertiary/aromatic N) is 2. The van der Waals surface area contributed by atoms with Gasteiger partial charge >= 0.3 is 0 Å². The van der Waals surface area contributed by atoms with Crippen LogP contribution in [0.3, 0.4) is 0 Å². The van der Waals surface area contributed by atoms with Crippen molar-refractivity contribution in [2.45, 2.75) is 26.7 Å². The number of hydrogen-bond donors (Lipinski definition) is 1. The number of halogens is 2. The largest absolute Gasteiger partial charge is 0.369 e. The van der Waals surface area contributed by atoms with Crippen LogP contribution in [-0.4, -0.2) is 16.5 Å². The SMILES string of the molecule is CCNc1nc(Cc2ccccc2F)nc(CC)c1Br. The third kappa shape index (κ3) is 3.33. The van der Waals surface area contributed by atoms with E-state index in [-0.39, 0.29) is 5.82 Å². The molecule has 0 fully saturated rings. The first kappa shape index (κ1) is 14.9. The van der Waals surface area contributed by atoms with Crippen LogP contribution < -0.4 is 5.32 Å². The van der Waals surface area contributed by atoms with Crippen LogP contribution in [0.15, 0.2) is 28.7 Å². The van der Waals surface area contributed by atoms with Crippen molar-refractivity contribution in [3.8, 4) is 0 Å². The van der Waals surface area contributed by atoms with E-state index in [1.165, 1.54) is 6.07 Å². The summed E-state index contributed by atoms with van der Waals surface area (Å²) in [4.78, 5) is 8.98. The number of benzene rings is 1. The van der Waals surface area contributed by atoms with Crippen LogP contribution in [0.5, 0.6) is 0 Å². The van der Waals surface area contributed by atoms with Gasteiger partial charge in [-0.1, -0.05) is 25.1 Å². The summed E-state index contributed by atoms with van der Waals surface area (Å²) in [6.07, 6.45) is 1.19. The molecule has 2 rings (SSSR count). The summed E-state index contributed by atoms with van der Waals surface area (Å²) < 4.78 is 14.6. The summed E-state index contributed by atoms with van der Waals surface area (Å²) >= 11 is 3.51. The molecule has 0 spiro atoms. The predicted octanol–water partition coefficient (Wildman–Crippen LogP) is 3.96. The highest BCUT2D eigenvalue weighted by atomic mass is 79.9. The van der Waals surface area contributed by atoms with Crippen LogP contribution in [0.4, 0.5) is 10.2 Å². The fourth-order valence-corrected chi connectivity index (χ4v) is 2.55. The normalized spacial score (nSPS) is 10.6. The van der Waals surface area contributed by atoms with Crippen molar-refractivity contribution in [3.05, 3.63) is 51.6 Å². The van der Waals surface area contributed by atoms with E-state index in [1.807, 2.05) is 19.9 Å². The second kappa shape index (κ2) is 6.79. The Hall–Kier alpha value is -1.49. The molecule has 0 aliphatic heterocycles. The molecule has 5 heteroatoms. The predicted molar refractivity (Wildman–Crippen MR) is 82.5 cm³/mol. The van der Waals surface area contributed by atoms with Crippen LogP contribution in [0.1, 0.15) is 30.9 Å². The Kier molecular flexibility index (Phi) is 5.06. The van der Waals surface area contributed by atoms with Gasteiger partial charge in [0.05, 0.1) is 10.2 Å². The molecular formula is C15H17BrFN3. The Morgan fingerprint density at radius 2 is 1.95 bits per heavy atom. The van der Waals surface area contributed by atoms with Gasteiger partial charge in [-0.15, -0.1) is 0 Å². The number of nitrogens with one attached hydrogen (secondary N) is 1. The molecule has 1 aromatic carbocycles. The molecule has 0 saturated carbocycles. The van der Waals surface area contributed by atoms with E-state index >= 15 is 0 Å². The lowest BCUT2D eigenvalue weighted by Gasteiger charge is -2.11. The van der Waals surface area contributed by atoms with Gasteiger partial charge < -0.3 is 5.32 Å². The molecule has 1 N–H and O–H groups in total. The summed E-state index contributed by atoms with van der Waals surface area (Å²) in [5, 5.41) is 3.20. The van der Waals surface area contributed by atoms with Gasteiger partial charge in [0, 0.05) is 13.0 Å². The Bertz CT molecular complexity index is 602. The fourth-order valence-electron chi connectivity index (χ4n) is 1.95. The Morgan fingerprint density at radius 1 is 1.20 bits per heavy atom. The molecule has 3 nitrogen and oxygen atoms in total. The number of rotatable bonds is 5. The molecule has 106 valence electrons. The molecule has 0 unspecified atom stereocenters. The molecule has 0 radical (unpaired) electrons. The maximum atomic E-state index is 13.7. The summed E-state index contributed by atoms with van der Waals surface area (Å²) in [7, 11) is 0. The third-order valence-corrected chi connectivity index (χ3v) is 3.78. The number of aryl methyl sites for hydroxylation is 1. The van der Waals surface area contributed by atoms with Crippen LogP contribution in [0, 0.1) is 5.82 Å². The second-order valence-electron chi connectivity index (χ2n) is 4.40. The van der Waals surface area contributed by atoms with E-state index in [0.717, 1.165) is 29.0 Å². The van der Waals surface area contributed by atoms with Crippen LogP contribution in [0.25, 0.3) is 0 Å². The van der Waals surface area contributed by atoms with E-state index in [9.17, 15) is 4.39 Å². The molecule has 20 heavy (non-hydrogen) atoms. The topological polar surface area (TPSA) is 37.8 Å². The van der Waals surface area contributed by atoms with Gasteiger partial charge in [0.25, 0.3) is 0 Å². The summed E-state index contributed by atoms with van der Waals surface area (Å²) in [5.41, 5.74) is 1.54. The minimum Gasteiger partial charge on any atom is -0.369 e. The first-order valence-corrected chi connectivity index (χ1v) is 7.47. The standard InChI is InChI=1S/C15H17BrFN3/c1-3-12-14(16)15(18-4-2)20-13(19-12)9-10-7-5-6-8-11(10)17/h5-8H,3-4,9H2,1-2H3,(H,18,19,20). The maximum absolute atomic E-state index is 13.7. The second-order valence-corrected chi connectivity index (χ2v) is 5.19. The summed E-state index contributed by atoms with van der Waals surface area (Å²) in [6.45, 7) is 4.82. The first-order valence-electron chi connectivity index (χ1n) is 6.68. The lowest BCUT2D eigenvalue weighted by Crippen LogP contribution is -2.08. The highest BCUT2D eigenvalue weighted by Gasteiger charge is 2.12. The highest BCUT2D eigenvalue weighted by Crippen LogP contribution is 2.25. The molecule has 0 aliphatic rings. The smallest absolute Gasteiger partial charge is 0.144 e. The molecule has 1 heterocycles. The van der Waals surface area contributed by atoms with Crippen molar-refractivity contribution in [3.63, 3.8) is 0 Å². The van der Waals surface area contributed by atoms with Gasteiger partial charge in [0.15, 0.2) is 0 Å². The van der Waals surface area contributed by atoms with Crippen molar-refractivity contribution < 1.29 is 4.39 Å². The van der Waals surface area contributed by atoms with E-state index in [1.54, 1.807) is 12.1 Å². The van der Waals surface area contributed by atoms with E-state index < -0.39 is 0 Å². The quantitative estimate of drug-likeness (QED) is 0.897. The van der Waals surface area contributed by atoms with Gasteiger partial charge in [-0.3, -0.25) is 0 Å². The van der Waals surface area contributed by atoms with Gasteiger partial charge in [-0.05, 0) is 40.9 Å². The van der Waals surface area contributed by atoms with Crippen molar-refractivity contribution in [2.24, 2.45) is 0 Å². The van der Waals surface area contributed by atoms with Gasteiger partial charge in [0.2, 0.25) is 0 Å². The monoisotopic (exact) mass is 337 g/mol. The molecule has 0 bridgehead atoms. The average Bonchev–Trinajstić information content (AvgIpc) is 2.45. The van der Waals surface area contributed by atoms with Gasteiger partial charge in [-0.2, -0.15) is 0 Å². The van der Waals surface area contributed by atoms with Crippen molar-refractivity contribution >= 4 is 21.7 Å². The number of anilines is 1. The zero-order chi connectivity index (χ0) is 14.5. The lowest BCUT2D eigenvalue weighted by atomic mass is 10.1. The minimum atomic E-state index is -0.220. The van der Waals surface area contributed by atoms with Crippen molar-refractivity contribution in [1.29, 1.82) is 0 Å². The van der Waals surface area contributed by atoms with Gasteiger partial charge in [0.1, 0.15) is 17.5 Å². The molecule has 0 saturated heterocycles.